The summed E-state index contributed by atoms with van der Waals surface area (Å²) in [4.78, 5) is 21.2. The van der Waals surface area contributed by atoms with Crippen LogP contribution < -0.4 is 15.5 Å². The van der Waals surface area contributed by atoms with Crippen LogP contribution in [0.2, 0.25) is 0 Å². The molecule has 7 nitrogen and oxygen atoms in total. The van der Waals surface area contributed by atoms with Crippen molar-refractivity contribution in [2.24, 2.45) is 4.99 Å². The van der Waals surface area contributed by atoms with E-state index in [-0.39, 0.29) is 42.0 Å². The van der Waals surface area contributed by atoms with Crippen LogP contribution in [0.15, 0.2) is 65.7 Å². The molecule has 0 spiro atoms. The number of aliphatic imine (C=N–C) groups is 1. The zero-order valence-electron chi connectivity index (χ0n) is 18.4. The quantitative estimate of drug-likeness (QED) is 0.330. The van der Waals surface area contributed by atoms with Crippen LogP contribution >= 0.6 is 24.0 Å². The van der Waals surface area contributed by atoms with Crippen molar-refractivity contribution in [3.8, 4) is 0 Å². The van der Waals surface area contributed by atoms with E-state index >= 15 is 0 Å². The molecule has 0 aromatic heterocycles. The Hall–Kier alpha value is -2.17. The van der Waals surface area contributed by atoms with Crippen molar-refractivity contribution in [3.63, 3.8) is 0 Å². The van der Waals surface area contributed by atoms with Gasteiger partial charge in [-0.15, -0.1) is 24.0 Å². The molecule has 0 bridgehead atoms. The normalized spacial score (nSPS) is 20.5. The number of para-hydroxylation sites is 1. The number of amides is 1. The molecular weight excluding hydrogens is 517 g/mol. The molecule has 2 saturated heterocycles. The highest BCUT2D eigenvalue weighted by Gasteiger charge is 2.31. The molecule has 2 unspecified atom stereocenters. The number of anilines is 1. The fraction of sp³-hybridized carbons (Fsp3) is 0.417. The monoisotopic (exact) mass is 549 g/mol. The van der Waals surface area contributed by atoms with Gasteiger partial charge in [-0.2, -0.15) is 0 Å². The van der Waals surface area contributed by atoms with Crippen LogP contribution in [0.1, 0.15) is 18.0 Å². The van der Waals surface area contributed by atoms with E-state index in [0.717, 1.165) is 44.5 Å². The highest BCUT2D eigenvalue weighted by Crippen LogP contribution is 2.22. The Morgan fingerprint density at radius 2 is 1.75 bits per heavy atom. The lowest BCUT2D eigenvalue weighted by molar-refractivity contribution is -0.117. The van der Waals surface area contributed by atoms with Crippen LogP contribution in [-0.2, 0) is 9.53 Å². The van der Waals surface area contributed by atoms with Crippen molar-refractivity contribution >= 4 is 41.5 Å². The highest BCUT2D eigenvalue weighted by atomic mass is 127. The van der Waals surface area contributed by atoms with Crippen molar-refractivity contribution in [1.82, 2.24) is 15.5 Å². The number of halogens is 1. The first-order chi connectivity index (χ1) is 15.2. The summed E-state index contributed by atoms with van der Waals surface area (Å²) in [5.41, 5.74) is 2.22. The summed E-state index contributed by atoms with van der Waals surface area (Å²) in [6.45, 7) is 4.71. The van der Waals surface area contributed by atoms with Crippen LogP contribution in [0, 0.1) is 0 Å². The predicted molar refractivity (Wildman–Crippen MR) is 139 cm³/mol. The smallest absolute Gasteiger partial charge is 0.229 e. The van der Waals surface area contributed by atoms with Crippen LogP contribution in [0.3, 0.4) is 0 Å². The van der Waals surface area contributed by atoms with Crippen molar-refractivity contribution < 1.29 is 9.53 Å². The van der Waals surface area contributed by atoms with Crippen LogP contribution in [0.4, 0.5) is 5.69 Å². The average molecular weight is 549 g/mol. The Bertz CT molecular complexity index is 874. The fourth-order valence-electron chi connectivity index (χ4n) is 4.27. The molecule has 2 N–H and O–H groups in total. The Morgan fingerprint density at radius 1 is 1.09 bits per heavy atom. The number of guanidine groups is 1. The number of carbonyl (C=O) groups is 1. The van der Waals surface area contributed by atoms with Gasteiger partial charge >= 0.3 is 0 Å². The maximum absolute atomic E-state index is 12.5. The molecule has 2 aliphatic heterocycles. The van der Waals surface area contributed by atoms with Gasteiger partial charge < -0.3 is 20.3 Å². The van der Waals surface area contributed by atoms with Gasteiger partial charge in [-0.3, -0.25) is 14.7 Å². The van der Waals surface area contributed by atoms with E-state index in [9.17, 15) is 4.79 Å². The lowest BCUT2D eigenvalue weighted by Gasteiger charge is -2.35. The zero-order valence-corrected chi connectivity index (χ0v) is 20.8. The minimum atomic E-state index is 0. The SMILES string of the molecule is CN=C(NCC(c1ccccc1)N1CCOCC1)NC1CC(=O)N(c2ccccc2)C1.I. The molecular formula is C24H32IN5O2. The predicted octanol–water partition coefficient (Wildman–Crippen LogP) is 2.65. The lowest BCUT2D eigenvalue weighted by Crippen LogP contribution is -2.48. The number of morpholine rings is 1. The number of benzene rings is 2. The van der Waals surface area contributed by atoms with E-state index in [2.05, 4.69) is 44.8 Å². The molecule has 2 heterocycles. The van der Waals surface area contributed by atoms with Gasteiger partial charge in [0.05, 0.1) is 25.3 Å². The van der Waals surface area contributed by atoms with Gasteiger partial charge in [-0.1, -0.05) is 48.5 Å². The molecule has 4 rings (SSSR count). The summed E-state index contributed by atoms with van der Waals surface area (Å²) in [5.74, 6) is 0.858. The van der Waals surface area contributed by atoms with Gasteiger partial charge in [-0.05, 0) is 17.7 Å². The summed E-state index contributed by atoms with van der Waals surface area (Å²) in [6, 6.07) is 20.6. The highest BCUT2D eigenvalue weighted by molar-refractivity contribution is 14.0. The molecule has 2 aliphatic rings. The molecule has 2 fully saturated rings. The topological polar surface area (TPSA) is 69.2 Å². The number of nitrogens with zero attached hydrogens (tertiary/aromatic N) is 3. The van der Waals surface area contributed by atoms with E-state index in [1.807, 2.05) is 41.3 Å². The molecule has 2 atom stereocenters. The van der Waals surface area contributed by atoms with Gasteiger partial charge in [-0.25, -0.2) is 0 Å². The van der Waals surface area contributed by atoms with E-state index in [4.69, 9.17) is 4.74 Å². The lowest BCUT2D eigenvalue weighted by atomic mass is 10.0. The summed E-state index contributed by atoms with van der Waals surface area (Å²) in [5, 5.41) is 6.93. The minimum absolute atomic E-state index is 0. The number of ether oxygens (including phenoxy) is 1. The van der Waals surface area contributed by atoms with E-state index in [0.29, 0.717) is 13.0 Å². The van der Waals surface area contributed by atoms with Gasteiger partial charge in [0.15, 0.2) is 5.96 Å². The molecule has 2 aromatic carbocycles. The number of hydrogen-bond acceptors (Lipinski definition) is 4. The minimum Gasteiger partial charge on any atom is -0.379 e. The third kappa shape index (κ3) is 6.20. The Balaban J connectivity index is 0.00000289. The van der Waals surface area contributed by atoms with Crippen LogP contribution in [0.5, 0.6) is 0 Å². The summed E-state index contributed by atoms with van der Waals surface area (Å²) >= 11 is 0. The van der Waals surface area contributed by atoms with Crippen molar-refractivity contribution in [3.05, 3.63) is 66.2 Å². The van der Waals surface area contributed by atoms with E-state index in [1.54, 1.807) is 7.05 Å². The molecule has 0 aliphatic carbocycles. The molecule has 8 heteroatoms. The number of nitrogens with one attached hydrogen (secondary N) is 2. The van der Waals surface area contributed by atoms with Gasteiger partial charge in [0.1, 0.15) is 0 Å². The number of hydrogen-bond donors (Lipinski definition) is 2. The second-order valence-corrected chi connectivity index (χ2v) is 7.91. The maximum Gasteiger partial charge on any atom is 0.229 e. The first kappa shape index (κ1) is 24.5. The van der Waals surface area contributed by atoms with E-state index < -0.39 is 0 Å². The maximum atomic E-state index is 12.5. The standard InChI is InChI=1S/C24H31N5O2.HI/c1-25-24(27-20-16-23(30)29(18-20)21-10-6-3-7-11-21)26-17-22(19-8-4-2-5-9-19)28-12-14-31-15-13-28;/h2-11,20,22H,12-18H2,1H3,(H2,25,26,27);1H. The molecule has 172 valence electrons. The first-order valence-corrected chi connectivity index (χ1v) is 10.9. The largest absolute Gasteiger partial charge is 0.379 e. The average Bonchev–Trinajstić information content (AvgIpc) is 3.20. The third-order valence-electron chi connectivity index (χ3n) is 5.89. The fourth-order valence-corrected chi connectivity index (χ4v) is 4.27. The summed E-state index contributed by atoms with van der Waals surface area (Å²) in [7, 11) is 1.77. The van der Waals surface area contributed by atoms with E-state index in [1.165, 1.54) is 5.56 Å². The van der Waals surface area contributed by atoms with Crippen LogP contribution in [0.25, 0.3) is 0 Å². The molecule has 2 aromatic rings. The Kier molecular flexibility index (Phi) is 9.31. The van der Waals surface area contributed by atoms with Crippen molar-refractivity contribution in [2.75, 3.05) is 51.3 Å². The third-order valence-corrected chi connectivity index (χ3v) is 5.89. The van der Waals surface area contributed by atoms with Gasteiger partial charge in [0.2, 0.25) is 5.91 Å². The molecule has 0 saturated carbocycles. The number of carbonyl (C=O) groups excluding carboxylic acids is 1. The molecule has 0 radical (unpaired) electrons. The van der Waals surface area contributed by atoms with Gasteiger partial charge in [0, 0.05) is 45.3 Å². The van der Waals surface area contributed by atoms with Crippen molar-refractivity contribution in [1.29, 1.82) is 0 Å². The van der Waals surface area contributed by atoms with Crippen molar-refractivity contribution in [2.45, 2.75) is 18.5 Å². The second kappa shape index (κ2) is 12.2. The number of rotatable bonds is 6. The summed E-state index contributed by atoms with van der Waals surface area (Å²) in [6.07, 6.45) is 0.459. The second-order valence-electron chi connectivity index (χ2n) is 7.91. The molecule has 32 heavy (non-hydrogen) atoms. The Morgan fingerprint density at radius 3 is 2.41 bits per heavy atom. The summed E-state index contributed by atoms with van der Waals surface area (Å²) < 4.78 is 5.54. The van der Waals surface area contributed by atoms with Crippen LogP contribution in [-0.4, -0.2) is 69.2 Å². The zero-order chi connectivity index (χ0) is 21.5. The Labute approximate surface area is 207 Å². The van der Waals surface area contributed by atoms with Gasteiger partial charge in [0.25, 0.3) is 0 Å². The molecule has 1 amide bonds. The first-order valence-electron chi connectivity index (χ1n) is 10.9.